The lowest BCUT2D eigenvalue weighted by atomic mass is 9.74. The Kier molecular flexibility index (Phi) is 11.4. The minimum Gasteiger partial charge on any atom is -0.478 e. The Morgan fingerprint density at radius 3 is 2.56 bits per heavy atom. The average Bonchev–Trinajstić information content (AvgIpc) is 3.91. The standard InChI is InChI=1S/C35H46N8O10S2/c1-34(2)29(31(46)43(34)53-55(49,50)51)39-30(45)28(27-19-54-33(37)38-27)40-52-35(3,32(47)48)25-11-10-21-12-22(8-9-23(21)13-25)24-16-41(15-20-6-4-5-7-20)42(17-24)18-26(44)14-36/h8-9,12,16-17,19-20,25-26,29,44H,4-7,10-11,13-15,18,36H2,1-3H3,(H4-,37,38,39,45,47,48,49,50,51)/p+1/b40-28-/t25-,26-,29+,35-/m0/s1. The molecule has 2 amide bonds. The number of benzene rings is 1. The number of rotatable bonds is 15. The fourth-order valence-corrected chi connectivity index (χ4v) is 8.57. The third-order valence-electron chi connectivity index (χ3n) is 10.9. The molecule has 4 atom stereocenters. The summed E-state index contributed by atoms with van der Waals surface area (Å²) < 4.78 is 40.1. The SMILES string of the molecule is CC1(C)[C@H](NC(=O)/C(=N\O[C@](C)(C(=O)O)[C@H]2CCc3cc(-c4cn(CC5CCCC5)[n+](C[C@@H](O)CN)c4)ccc3C2)c2csc(N)n2)C(=O)N1OS(=O)(=O)O. The number of anilines is 1. The number of nitrogens with two attached hydrogens (primary N) is 2. The summed E-state index contributed by atoms with van der Waals surface area (Å²) in [4.78, 5) is 49.0. The predicted molar refractivity (Wildman–Crippen MR) is 198 cm³/mol. The van der Waals surface area contributed by atoms with E-state index < -0.39 is 63.1 Å². The number of carboxylic acid groups (broad SMARTS) is 1. The van der Waals surface area contributed by atoms with Gasteiger partial charge in [0.2, 0.25) is 11.8 Å². The van der Waals surface area contributed by atoms with E-state index >= 15 is 0 Å². The summed E-state index contributed by atoms with van der Waals surface area (Å²) in [7, 11) is -5.03. The van der Waals surface area contributed by atoms with Gasteiger partial charge >= 0.3 is 16.4 Å². The molecule has 2 fully saturated rings. The van der Waals surface area contributed by atoms with Gasteiger partial charge in [0.15, 0.2) is 17.4 Å². The maximum Gasteiger partial charge on any atom is 0.418 e. The van der Waals surface area contributed by atoms with Crippen LogP contribution in [0.5, 0.6) is 0 Å². The molecule has 18 nitrogen and oxygen atoms in total. The van der Waals surface area contributed by atoms with E-state index in [1.54, 1.807) is 0 Å². The molecule has 20 heteroatoms. The first-order chi connectivity index (χ1) is 25.9. The second-order valence-electron chi connectivity index (χ2n) is 15.1. The number of carboxylic acids is 1. The van der Waals surface area contributed by atoms with Crippen LogP contribution in [-0.4, -0.2) is 91.2 Å². The third-order valence-corrected chi connectivity index (χ3v) is 11.9. The van der Waals surface area contributed by atoms with Gasteiger partial charge in [-0.1, -0.05) is 36.2 Å². The molecular formula is C35H47N8O10S2+. The van der Waals surface area contributed by atoms with Crippen molar-refractivity contribution >= 4 is 50.4 Å². The molecule has 0 radical (unpaired) electrons. The van der Waals surface area contributed by atoms with Crippen molar-refractivity contribution in [2.75, 3.05) is 12.3 Å². The average molecular weight is 804 g/mol. The van der Waals surface area contributed by atoms with Gasteiger partial charge < -0.3 is 31.8 Å². The van der Waals surface area contributed by atoms with Crippen LogP contribution in [0, 0.1) is 11.8 Å². The topological polar surface area (TPSA) is 266 Å². The van der Waals surface area contributed by atoms with Crippen molar-refractivity contribution in [1.29, 1.82) is 0 Å². The van der Waals surface area contributed by atoms with Gasteiger partial charge in [0.25, 0.3) is 11.8 Å². The van der Waals surface area contributed by atoms with Crippen LogP contribution in [0.1, 0.15) is 69.7 Å². The number of nitrogens with zero attached hydrogens (tertiary/aromatic N) is 5. The zero-order valence-electron chi connectivity index (χ0n) is 30.8. The number of hydroxylamine groups is 2. The quantitative estimate of drug-likeness (QED) is 0.0415. The van der Waals surface area contributed by atoms with E-state index in [1.165, 1.54) is 51.8 Å². The van der Waals surface area contributed by atoms with E-state index in [9.17, 15) is 33.0 Å². The van der Waals surface area contributed by atoms with Gasteiger partial charge in [-0.25, -0.2) is 9.78 Å². The highest BCUT2D eigenvalue weighted by Crippen LogP contribution is 2.38. The van der Waals surface area contributed by atoms with E-state index in [4.69, 9.17) is 20.9 Å². The lowest BCUT2D eigenvalue weighted by molar-refractivity contribution is -0.780. The van der Waals surface area contributed by atoms with Crippen molar-refractivity contribution in [3.63, 3.8) is 0 Å². The minimum atomic E-state index is -5.03. The molecular weight excluding hydrogens is 757 g/mol. The second kappa shape index (κ2) is 15.6. The molecule has 3 aromatic rings. The van der Waals surface area contributed by atoms with Crippen LogP contribution in [0.4, 0.5) is 5.13 Å². The molecule has 1 aliphatic heterocycles. The number of aromatic nitrogens is 3. The van der Waals surface area contributed by atoms with Gasteiger partial charge in [-0.3, -0.25) is 14.1 Å². The molecule has 2 aromatic heterocycles. The van der Waals surface area contributed by atoms with Crippen molar-refractivity contribution < 1.29 is 51.4 Å². The van der Waals surface area contributed by atoms with Crippen molar-refractivity contribution in [2.45, 2.75) is 102 Å². The second-order valence-corrected chi connectivity index (χ2v) is 17.0. The lowest BCUT2D eigenvalue weighted by Crippen LogP contribution is -2.76. The number of hydrogen-bond donors (Lipinski definition) is 6. The van der Waals surface area contributed by atoms with E-state index in [2.05, 4.69) is 36.7 Å². The third kappa shape index (κ3) is 8.53. The molecule has 0 spiro atoms. The number of fused-ring (bicyclic) bond motifs is 1. The normalized spacial score (nSPS) is 21.7. The number of aryl methyl sites for hydroxylation is 1. The van der Waals surface area contributed by atoms with Crippen molar-refractivity contribution in [2.24, 2.45) is 22.7 Å². The smallest absolute Gasteiger partial charge is 0.418 e. The zero-order chi connectivity index (χ0) is 39.9. The summed E-state index contributed by atoms with van der Waals surface area (Å²) in [5.41, 5.74) is 11.7. The molecule has 3 aliphatic rings. The van der Waals surface area contributed by atoms with Gasteiger partial charge in [-0.05, 0) is 75.5 Å². The lowest BCUT2D eigenvalue weighted by Gasteiger charge is -2.50. The van der Waals surface area contributed by atoms with Crippen molar-refractivity contribution in [1.82, 2.24) is 20.0 Å². The maximum absolute atomic E-state index is 13.6. The summed E-state index contributed by atoms with van der Waals surface area (Å²) in [6.07, 6.45) is 9.62. The van der Waals surface area contributed by atoms with Crippen LogP contribution < -0.4 is 21.5 Å². The number of oxime groups is 1. The Hall–Kier alpha value is -4.47. The molecule has 2 aliphatic carbocycles. The molecule has 298 valence electrons. The Balaban J connectivity index is 1.21. The van der Waals surface area contributed by atoms with Crippen LogP contribution in [0.15, 0.2) is 41.1 Å². The molecule has 0 bridgehead atoms. The Labute approximate surface area is 322 Å². The van der Waals surface area contributed by atoms with Crippen LogP contribution in [-0.2, 0) is 59.8 Å². The number of β-lactam (4-membered cyclic amide) rings is 1. The summed E-state index contributed by atoms with van der Waals surface area (Å²) >= 11 is 0.993. The highest BCUT2D eigenvalue weighted by atomic mass is 32.3. The minimum absolute atomic E-state index is 0.0409. The summed E-state index contributed by atoms with van der Waals surface area (Å²) in [6.45, 7) is 5.57. The van der Waals surface area contributed by atoms with Gasteiger partial charge in [0.1, 0.15) is 17.8 Å². The van der Waals surface area contributed by atoms with Gasteiger partial charge in [-0.2, -0.15) is 18.2 Å². The number of aliphatic hydroxyl groups excluding tert-OH is 1. The first-order valence-corrected chi connectivity index (χ1v) is 20.3. The van der Waals surface area contributed by atoms with E-state index in [1.807, 2.05) is 23.0 Å². The van der Waals surface area contributed by atoms with Gasteiger partial charge in [-0.15, -0.1) is 20.3 Å². The molecule has 1 aromatic carbocycles. The Morgan fingerprint density at radius 2 is 1.95 bits per heavy atom. The summed E-state index contributed by atoms with van der Waals surface area (Å²) in [6, 6.07) is 4.78. The molecule has 0 unspecified atom stereocenters. The number of amides is 2. The van der Waals surface area contributed by atoms with Crippen molar-refractivity contribution in [3.8, 4) is 11.1 Å². The number of hydrogen-bond acceptors (Lipinski definition) is 13. The molecule has 3 heterocycles. The van der Waals surface area contributed by atoms with Crippen LogP contribution >= 0.6 is 11.3 Å². The van der Waals surface area contributed by atoms with Gasteiger partial charge in [0.05, 0.1) is 23.8 Å². The summed E-state index contributed by atoms with van der Waals surface area (Å²) in [5, 5.41) is 29.2. The molecule has 8 N–H and O–H groups in total. The first-order valence-electron chi connectivity index (χ1n) is 18.0. The van der Waals surface area contributed by atoms with E-state index in [0.29, 0.717) is 36.8 Å². The highest BCUT2D eigenvalue weighted by Gasteiger charge is 2.58. The van der Waals surface area contributed by atoms with Crippen LogP contribution in [0.3, 0.4) is 0 Å². The fraction of sp³-hybridized carbons (Fsp3) is 0.543. The predicted octanol–water partition coefficient (Wildman–Crippen LogP) is 1.20. The molecule has 6 rings (SSSR count). The first kappa shape index (κ1) is 40.2. The largest absolute Gasteiger partial charge is 0.478 e. The number of nitrogens with one attached hydrogen (secondary N) is 1. The Morgan fingerprint density at radius 1 is 1.22 bits per heavy atom. The summed E-state index contributed by atoms with van der Waals surface area (Å²) in [5.74, 6) is -3.24. The Bertz CT molecular complexity index is 2090. The monoisotopic (exact) mass is 803 g/mol. The van der Waals surface area contributed by atoms with Gasteiger partial charge in [0, 0.05) is 17.8 Å². The van der Waals surface area contributed by atoms with Crippen LogP contribution in [0.2, 0.25) is 0 Å². The highest BCUT2D eigenvalue weighted by molar-refractivity contribution is 7.80. The van der Waals surface area contributed by atoms with E-state index in [-0.39, 0.29) is 17.4 Å². The van der Waals surface area contributed by atoms with E-state index in [0.717, 1.165) is 40.1 Å². The number of carbonyl (C=O) groups is 3. The maximum atomic E-state index is 13.6. The zero-order valence-corrected chi connectivity index (χ0v) is 32.4. The number of aliphatic hydroxyl groups is 1. The van der Waals surface area contributed by atoms with Crippen molar-refractivity contribution in [3.05, 3.63) is 52.8 Å². The molecule has 55 heavy (non-hydrogen) atoms. The fourth-order valence-electron chi connectivity index (χ4n) is 7.57. The molecule has 1 saturated heterocycles. The van der Waals surface area contributed by atoms with Crippen LogP contribution in [0.25, 0.3) is 11.1 Å². The molecule has 1 saturated carbocycles. The number of aliphatic carboxylic acids is 1. The number of thiazole rings is 1. The number of carbonyl (C=O) groups excluding carboxylic acids is 2. The number of nitrogen functional groups attached to an aromatic ring is 1.